The van der Waals surface area contributed by atoms with Gasteiger partial charge in [-0.3, -0.25) is 0 Å². The van der Waals surface area contributed by atoms with Gasteiger partial charge in [0.15, 0.2) is 5.76 Å². The quantitative estimate of drug-likeness (QED) is 0.772. The number of aromatic nitrogens is 1. The molecule has 0 spiro atoms. The predicted molar refractivity (Wildman–Crippen MR) is 88.4 cm³/mol. The molecule has 1 atom stereocenters. The molecular formula is C19H17N3O. The summed E-state index contributed by atoms with van der Waals surface area (Å²) >= 11 is 0. The molecule has 3 rings (SSSR count). The Bertz CT molecular complexity index is 818. The Morgan fingerprint density at radius 2 is 1.96 bits per heavy atom. The highest BCUT2D eigenvalue weighted by atomic mass is 16.5. The maximum absolute atomic E-state index is 8.97. The standard InChI is InChI=1S/C19H17N3O/c1-14(17-9-5-6-15(10-17)12-20)21-13-18-11-19(23-22-18)16-7-3-2-4-8-16/h2-11,14,21H,13H2,1H3. The molecule has 0 aliphatic rings. The van der Waals surface area contributed by atoms with Crippen LogP contribution in [0.5, 0.6) is 0 Å². The number of hydrogen-bond acceptors (Lipinski definition) is 4. The SMILES string of the molecule is CC(NCc1cc(-c2ccccc2)on1)c1cccc(C#N)c1. The molecule has 0 fully saturated rings. The summed E-state index contributed by atoms with van der Waals surface area (Å²) in [4.78, 5) is 0. The minimum Gasteiger partial charge on any atom is -0.356 e. The normalized spacial score (nSPS) is 11.8. The average Bonchev–Trinajstić information content (AvgIpc) is 3.09. The van der Waals surface area contributed by atoms with Gasteiger partial charge in [-0.05, 0) is 24.6 Å². The lowest BCUT2D eigenvalue weighted by molar-refractivity contribution is 0.417. The number of nitriles is 1. The number of rotatable bonds is 5. The van der Waals surface area contributed by atoms with Crippen LogP contribution in [-0.4, -0.2) is 5.16 Å². The van der Waals surface area contributed by atoms with Gasteiger partial charge in [0.2, 0.25) is 0 Å². The van der Waals surface area contributed by atoms with Crippen molar-refractivity contribution < 1.29 is 4.52 Å². The second kappa shape index (κ2) is 6.91. The first kappa shape index (κ1) is 15.0. The van der Waals surface area contributed by atoms with Gasteiger partial charge >= 0.3 is 0 Å². The molecule has 0 bridgehead atoms. The highest BCUT2D eigenvalue weighted by molar-refractivity contribution is 5.56. The Balaban J connectivity index is 1.64. The number of nitrogens with one attached hydrogen (secondary N) is 1. The van der Waals surface area contributed by atoms with E-state index in [2.05, 4.69) is 23.5 Å². The van der Waals surface area contributed by atoms with Crippen molar-refractivity contribution in [2.24, 2.45) is 0 Å². The van der Waals surface area contributed by atoms with Crippen LogP contribution in [0, 0.1) is 11.3 Å². The van der Waals surface area contributed by atoms with Crippen LogP contribution in [0.25, 0.3) is 11.3 Å². The van der Waals surface area contributed by atoms with Crippen LogP contribution in [-0.2, 0) is 6.54 Å². The third kappa shape index (κ3) is 3.65. The molecule has 4 heteroatoms. The lowest BCUT2D eigenvalue weighted by Gasteiger charge is -2.13. The Hall–Kier alpha value is -2.90. The second-order valence-electron chi connectivity index (χ2n) is 5.39. The van der Waals surface area contributed by atoms with E-state index >= 15 is 0 Å². The second-order valence-corrected chi connectivity index (χ2v) is 5.39. The van der Waals surface area contributed by atoms with Crippen LogP contribution >= 0.6 is 0 Å². The molecule has 1 unspecified atom stereocenters. The lowest BCUT2D eigenvalue weighted by atomic mass is 10.1. The smallest absolute Gasteiger partial charge is 0.167 e. The van der Waals surface area contributed by atoms with Gasteiger partial charge in [-0.25, -0.2) is 0 Å². The summed E-state index contributed by atoms with van der Waals surface area (Å²) in [5.74, 6) is 0.765. The van der Waals surface area contributed by atoms with Crippen molar-refractivity contribution in [1.29, 1.82) is 5.26 Å². The highest BCUT2D eigenvalue weighted by Gasteiger charge is 2.09. The van der Waals surface area contributed by atoms with Gasteiger partial charge in [0.1, 0.15) is 0 Å². The minimum absolute atomic E-state index is 0.125. The van der Waals surface area contributed by atoms with Gasteiger partial charge in [0, 0.05) is 24.2 Å². The molecular weight excluding hydrogens is 286 g/mol. The van der Waals surface area contributed by atoms with Crippen LogP contribution in [0.4, 0.5) is 0 Å². The van der Waals surface area contributed by atoms with E-state index in [0.29, 0.717) is 12.1 Å². The number of benzene rings is 2. The largest absolute Gasteiger partial charge is 0.356 e. The molecule has 2 aromatic carbocycles. The van der Waals surface area contributed by atoms with E-state index in [4.69, 9.17) is 9.78 Å². The average molecular weight is 303 g/mol. The summed E-state index contributed by atoms with van der Waals surface area (Å²) < 4.78 is 5.39. The zero-order valence-corrected chi connectivity index (χ0v) is 12.9. The molecule has 114 valence electrons. The molecule has 0 aliphatic carbocycles. The summed E-state index contributed by atoms with van der Waals surface area (Å²) in [5, 5.41) is 16.5. The summed E-state index contributed by atoms with van der Waals surface area (Å²) in [6.07, 6.45) is 0. The molecule has 0 radical (unpaired) electrons. The molecule has 4 nitrogen and oxygen atoms in total. The van der Waals surface area contributed by atoms with Crippen molar-refractivity contribution in [2.75, 3.05) is 0 Å². The van der Waals surface area contributed by atoms with Crippen molar-refractivity contribution >= 4 is 0 Å². The molecule has 1 aromatic heterocycles. The summed E-state index contributed by atoms with van der Waals surface area (Å²) in [6, 6.07) is 21.7. The molecule has 3 aromatic rings. The van der Waals surface area contributed by atoms with Crippen LogP contribution in [0.1, 0.15) is 29.8 Å². The van der Waals surface area contributed by atoms with Crippen molar-refractivity contribution in [3.8, 4) is 17.4 Å². The fourth-order valence-electron chi connectivity index (χ4n) is 2.39. The third-order valence-electron chi connectivity index (χ3n) is 3.72. The topological polar surface area (TPSA) is 61.9 Å². The summed E-state index contributed by atoms with van der Waals surface area (Å²) in [5.41, 5.74) is 3.62. The van der Waals surface area contributed by atoms with E-state index in [1.165, 1.54) is 0 Å². The van der Waals surface area contributed by atoms with E-state index in [-0.39, 0.29) is 6.04 Å². The molecule has 23 heavy (non-hydrogen) atoms. The fraction of sp³-hybridized carbons (Fsp3) is 0.158. The maximum atomic E-state index is 8.97. The molecule has 1 heterocycles. The Morgan fingerprint density at radius 3 is 2.74 bits per heavy atom. The van der Waals surface area contributed by atoms with E-state index in [1.807, 2.05) is 54.6 Å². The van der Waals surface area contributed by atoms with Crippen LogP contribution in [0.3, 0.4) is 0 Å². The fourth-order valence-corrected chi connectivity index (χ4v) is 2.39. The highest BCUT2D eigenvalue weighted by Crippen LogP contribution is 2.20. The van der Waals surface area contributed by atoms with Crippen molar-refractivity contribution in [1.82, 2.24) is 10.5 Å². The Morgan fingerprint density at radius 1 is 1.13 bits per heavy atom. The zero-order chi connectivity index (χ0) is 16.1. The zero-order valence-electron chi connectivity index (χ0n) is 12.9. The lowest BCUT2D eigenvalue weighted by Crippen LogP contribution is -2.18. The molecule has 0 amide bonds. The van der Waals surface area contributed by atoms with Gasteiger partial charge in [-0.2, -0.15) is 5.26 Å². The third-order valence-corrected chi connectivity index (χ3v) is 3.72. The Kier molecular flexibility index (Phi) is 4.51. The van der Waals surface area contributed by atoms with Gasteiger partial charge < -0.3 is 9.84 Å². The van der Waals surface area contributed by atoms with Gasteiger partial charge in [-0.15, -0.1) is 0 Å². The van der Waals surface area contributed by atoms with E-state index in [9.17, 15) is 0 Å². The monoisotopic (exact) mass is 303 g/mol. The molecule has 0 saturated heterocycles. The number of hydrogen-bond donors (Lipinski definition) is 1. The van der Waals surface area contributed by atoms with E-state index in [0.717, 1.165) is 22.6 Å². The minimum atomic E-state index is 0.125. The number of nitrogens with zero attached hydrogens (tertiary/aromatic N) is 2. The maximum Gasteiger partial charge on any atom is 0.167 e. The van der Waals surface area contributed by atoms with Crippen LogP contribution < -0.4 is 5.32 Å². The first-order chi connectivity index (χ1) is 11.3. The van der Waals surface area contributed by atoms with Crippen LogP contribution in [0.15, 0.2) is 65.2 Å². The van der Waals surface area contributed by atoms with E-state index in [1.54, 1.807) is 6.07 Å². The van der Waals surface area contributed by atoms with E-state index < -0.39 is 0 Å². The van der Waals surface area contributed by atoms with Crippen molar-refractivity contribution in [3.05, 3.63) is 77.5 Å². The first-order valence-electron chi connectivity index (χ1n) is 7.51. The Labute approximate surface area is 135 Å². The van der Waals surface area contributed by atoms with Crippen molar-refractivity contribution in [3.63, 3.8) is 0 Å². The molecule has 0 saturated carbocycles. The van der Waals surface area contributed by atoms with Gasteiger partial charge in [-0.1, -0.05) is 47.6 Å². The summed E-state index contributed by atoms with van der Waals surface area (Å²) in [6.45, 7) is 2.67. The van der Waals surface area contributed by atoms with Crippen LogP contribution in [0.2, 0.25) is 0 Å². The molecule has 0 aliphatic heterocycles. The first-order valence-corrected chi connectivity index (χ1v) is 7.51. The van der Waals surface area contributed by atoms with Crippen molar-refractivity contribution in [2.45, 2.75) is 19.5 Å². The van der Waals surface area contributed by atoms with Gasteiger partial charge in [0.25, 0.3) is 0 Å². The van der Waals surface area contributed by atoms with Gasteiger partial charge in [0.05, 0.1) is 17.3 Å². The summed E-state index contributed by atoms with van der Waals surface area (Å²) in [7, 11) is 0. The molecule has 1 N–H and O–H groups in total. The predicted octanol–water partition coefficient (Wildman–Crippen LogP) is 4.06.